The average molecular weight is 362 g/mol. The van der Waals surface area contributed by atoms with Gasteiger partial charge in [-0.1, -0.05) is 25.1 Å². The van der Waals surface area contributed by atoms with Crippen LogP contribution in [0, 0.1) is 0 Å². The van der Waals surface area contributed by atoms with Gasteiger partial charge >= 0.3 is 5.97 Å². The number of nitrogens with zero attached hydrogens (tertiary/aromatic N) is 2. The molecule has 0 saturated heterocycles. The summed E-state index contributed by atoms with van der Waals surface area (Å²) in [4.78, 5) is 30.2. The maximum atomic E-state index is 13.2. The molecule has 0 radical (unpaired) electrons. The normalized spacial score (nSPS) is 22.9. The Morgan fingerprint density at radius 3 is 2.85 bits per heavy atom. The van der Waals surface area contributed by atoms with Crippen molar-refractivity contribution in [3.63, 3.8) is 0 Å². The molecule has 6 nitrogen and oxygen atoms in total. The van der Waals surface area contributed by atoms with E-state index >= 15 is 0 Å². The van der Waals surface area contributed by atoms with Gasteiger partial charge in [-0.25, -0.2) is 9.78 Å². The van der Waals surface area contributed by atoms with Gasteiger partial charge in [0.1, 0.15) is 6.61 Å². The molecule has 0 unspecified atom stereocenters. The number of pyridine rings is 2. The van der Waals surface area contributed by atoms with Crippen LogP contribution in [-0.2, 0) is 21.7 Å². The van der Waals surface area contributed by atoms with E-state index in [4.69, 9.17) is 9.72 Å². The molecule has 0 amide bonds. The number of esters is 1. The molecule has 2 atom stereocenters. The highest BCUT2D eigenvalue weighted by molar-refractivity contribution is 5.86. The van der Waals surface area contributed by atoms with Crippen LogP contribution in [0.4, 0.5) is 0 Å². The first kappa shape index (κ1) is 16.2. The van der Waals surface area contributed by atoms with Crippen molar-refractivity contribution in [1.29, 1.82) is 0 Å². The molecule has 0 bridgehead atoms. The first-order valence-corrected chi connectivity index (χ1v) is 9.04. The van der Waals surface area contributed by atoms with Crippen molar-refractivity contribution >= 4 is 16.9 Å². The minimum absolute atomic E-state index is 0.117. The van der Waals surface area contributed by atoms with Crippen molar-refractivity contribution in [3.8, 4) is 11.4 Å². The molecular weight excluding hydrogens is 344 g/mol. The Balaban J connectivity index is 1.85. The fourth-order valence-electron chi connectivity index (χ4n) is 4.24. The minimum atomic E-state index is -1.80. The first-order chi connectivity index (χ1) is 13.0. The largest absolute Gasteiger partial charge is 0.458 e. The highest BCUT2D eigenvalue weighted by Gasteiger charge is 2.45. The average Bonchev–Trinajstić information content (AvgIpc) is 2.95. The fraction of sp³-hybridized carbons (Fsp3) is 0.286. The van der Waals surface area contributed by atoms with Crippen molar-refractivity contribution in [2.75, 3.05) is 0 Å². The van der Waals surface area contributed by atoms with Gasteiger partial charge in [-0.2, -0.15) is 0 Å². The number of para-hydroxylation sites is 1. The molecule has 6 heteroatoms. The van der Waals surface area contributed by atoms with E-state index in [1.54, 1.807) is 17.6 Å². The van der Waals surface area contributed by atoms with E-state index in [0.29, 0.717) is 16.8 Å². The molecule has 0 saturated carbocycles. The van der Waals surface area contributed by atoms with Crippen LogP contribution in [-0.4, -0.2) is 20.6 Å². The van der Waals surface area contributed by atoms with E-state index in [2.05, 4.69) is 6.07 Å². The number of fused-ring (bicyclic) bond motifs is 5. The van der Waals surface area contributed by atoms with Crippen molar-refractivity contribution in [1.82, 2.24) is 9.55 Å². The van der Waals surface area contributed by atoms with Crippen molar-refractivity contribution in [2.24, 2.45) is 0 Å². The van der Waals surface area contributed by atoms with E-state index in [0.717, 1.165) is 22.2 Å². The van der Waals surface area contributed by atoms with Gasteiger partial charge in [-0.05, 0) is 31.5 Å². The standard InChI is InChI=1S/C21H18N2O4/c1-3-21(26)15-9-17-18-13(8-12-6-4-5-7-16(12)22-18)11(2)23(17)19(24)14(15)10-27-20(21)25/h4-9,11,26H,3,10H2,1-2H3/t11-,21-/m0/s1. The van der Waals surface area contributed by atoms with Crippen LogP contribution in [0.1, 0.15) is 43.0 Å². The summed E-state index contributed by atoms with van der Waals surface area (Å²) in [5.74, 6) is -0.709. The predicted octanol–water partition coefficient (Wildman–Crippen LogP) is 2.64. The second kappa shape index (κ2) is 5.27. The summed E-state index contributed by atoms with van der Waals surface area (Å²) in [5, 5.41) is 11.9. The van der Waals surface area contributed by atoms with E-state index in [1.165, 1.54) is 0 Å². The Labute approximate surface area is 155 Å². The quantitative estimate of drug-likeness (QED) is 0.673. The summed E-state index contributed by atoms with van der Waals surface area (Å²) in [7, 11) is 0. The van der Waals surface area contributed by atoms with Crippen molar-refractivity contribution < 1.29 is 14.6 Å². The number of rotatable bonds is 1. The summed E-state index contributed by atoms with van der Waals surface area (Å²) in [5.41, 5.74) is 1.79. The summed E-state index contributed by atoms with van der Waals surface area (Å²) in [6, 6.07) is 11.4. The second-order valence-corrected chi connectivity index (χ2v) is 7.18. The van der Waals surface area contributed by atoms with Crippen molar-refractivity contribution in [3.05, 3.63) is 63.4 Å². The molecular formula is C21H18N2O4. The Bertz CT molecular complexity index is 1200. The Hall–Kier alpha value is -2.99. The maximum absolute atomic E-state index is 13.2. The third kappa shape index (κ3) is 1.96. The third-order valence-electron chi connectivity index (χ3n) is 5.82. The summed E-state index contributed by atoms with van der Waals surface area (Å²) in [6.07, 6.45) is 0.134. The van der Waals surface area contributed by atoms with Gasteiger partial charge in [-0.3, -0.25) is 9.36 Å². The summed E-state index contributed by atoms with van der Waals surface area (Å²) in [6.45, 7) is 3.54. The van der Waals surface area contributed by atoms with Crippen LogP contribution in [0.25, 0.3) is 22.3 Å². The minimum Gasteiger partial charge on any atom is -0.458 e. The monoisotopic (exact) mass is 362 g/mol. The molecule has 27 heavy (non-hydrogen) atoms. The van der Waals surface area contributed by atoms with Gasteiger partial charge in [0, 0.05) is 16.5 Å². The highest BCUT2D eigenvalue weighted by atomic mass is 16.6. The molecule has 2 aromatic heterocycles. The van der Waals surface area contributed by atoms with Gasteiger partial charge in [0.25, 0.3) is 5.56 Å². The Morgan fingerprint density at radius 2 is 2.07 bits per heavy atom. The number of ether oxygens (including phenoxy) is 1. The second-order valence-electron chi connectivity index (χ2n) is 7.18. The number of hydrogen-bond acceptors (Lipinski definition) is 5. The van der Waals surface area contributed by atoms with Crippen molar-refractivity contribution in [2.45, 2.75) is 38.5 Å². The maximum Gasteiger partial charge on any atom is 0.343 e. The molecule has 0 aliphatic carbocycles. The Kier molecular flexibility index (Phi) is 3.16. The molecule has 1 N–H and O–H groups in total. The third-order valence-corrected chi connectivity index (χ3v) is 5.82. The zero-order valence-electron chi connectivity index (χ0n) is 15.0. The van der Waals surface area contributed by atoms with Gasteiger partial charge in [0.2, 0.25) is 0 Å². The lowest BCUT2D eigenvalue weighted by Crippen LogP contribution is -2.44. The molecule has 5 rings (SSSR count). The van der Waals surface area contributed by atoms with E-state index in [1.807, 2.05) is 31.2 Å². The molecule has 0 fully saturated rings. The van der Waals surface area contributed by atoms with Gasteiger partial charge in [0.15, 0.2) is 5.60 Å². The van der Waals surface area contributed by atoms with Crippen LogP contribution in [0.2, 0.25) is 0 Å². The van der Waals surface area contributed by atoms with E-state index in [-0.39, 0.29) is 24.6 Å². The number of carbonyl (C=O) groups is 1. The lowest BCUT2D eigenvalue weighted by molar-refractivity contribution is -0.172. The van der Waals surface area contributed by atoms with Gasteiger partial charge in [-0.15, -0.1) is 0 Å². The van der Waals surface area contributed by atoms with Crippen LogP contribution in [0.15, 0.2) is 41.2 Å². The fourth-order valence-corrected chi connectivity index (χ4v) is 4.24. The molecule has 2 aliphatic rings. The molecule has 136 valence electrons. The van der Waals surface area contributed by atoms with Crippen LogP contribution in [0.3, 0.4) is 0 Å². The smallest absolute Gasteiger partial charge is 0.343 e. The number of hydrogen-bond donors (Lipinski definition) is 1. The molecule has 1 aromatic carbocycles. The zero-order valence-corrected chi connectivity index (χ0v) is 15.0. The van der Waals surface area contributed by atoms with Crippen LogP contribution < -0.4 is 5.56 Å². The SMILES string of the molecule is CC[C@@]1(O)C(=O)OCc2c1cc1n(c2=O)[C@@H](C)c2cc3ccccc3nc2-1. The highest BCUT2D eigenvalue weighted by Crippen LogP contribution is 2.42. The van der Waals surface area contributed by atoms with E-state index in [9.17, 15) is 14.7 Å². The van der Waals surface area contributed by atoms with E-state index < -0.39 is 11.6 Å². The number of cyclic esters (lactones) is 1. The number of benzene rings is 1. The van der Waals surface area contributed by atoms with Crippen LogP contribution in [0.5, 0.6) is 0 Å². The predicted molar refractivity (Wildman–Crippen MR) is 99.2 cm³/mol. The van der Waals surface area contributed by atoms with Gasteiger partial charge < -0.3 is 9.84 Å². The molecule has 2 aliphatic heterocycles. The zero-order chi connectivity index (χ0) is 18.9. The van der Waals surface area contributed by atoms with Gasteiger partial charge in [0.05, 0.1) is 28.5 Å². The molecule has 4 heterocycles. The number of aromatic nitrogens is 2. The van der Waals surface area contributed by atoms with Crippen LogP contribution >= 0.6 is 0 Å². The first-order valence-electron chi connectivity index (χ1n) is 9.04. The lowest BCUT2D eigenvalue weighted by Gasteiger charge is -2.32. The Morgan fingerprint density at radius 1 is 1.30 bits per heavy atom. The topological polar surface area (TPSA) is 81.4 Å². The number of aliphatic hydroxyl groups is 1. The number of carbonyl (C=O) groups excluding carboxylic acids is 1. The lowest BCUT2D eigenvalue weighted by atomic mass is 9.86. The summed E-state index contributed by atoms with van der Waals surface area (Å²) >= 11 is 0. The molecule has 3 aromatic rings. The molecule has 0 spiro atoms. The summed E-state index contributed by atoms with van der Waals surface area (Å²) < 4.78 is 6.79.